The average molecular weight is 260 g/mol. The molecule has 1 aromatic heterocycles. The second kappa shape index (κ2) is 5.75. The first kappa shape index (κ1) is 13.6. The van der Waals surface area contributed by atoms with Gasteiger partial charge in [-0.25, -0.2) is 4.68 Å². The largest absolute Gasteiger partial charge is 0.333 e. The van der Waals surface area contributed by atoms with Crippen molar-refractivity contribution in [3.63, 3.8) is 0 Å². The summed E-state index contributed by atoms with van der Waals surface area (Å²) in [5.74, 6) is 0. The number of hydrogen-bond acceptors (Lipinski definition) is 2. The SMILES string of the molecule is Cl.NCc1ccc(-c2cnn(C(F)F)c2)cc1. The Morgan fingerprint density at radius 3 is 2.29 bits per heavy atom. The Morgan fingerprint density at radius 2 is 1.82 bits per heavy atom. The monoisotopic (exact) mass is 259 g/mol. The van der Waals surface area contributed by atoms with E-state index in [0.29, 0.717) is 16.8 Å². The zero-order chi connectivity index (χ0) is 11.5. The Kier molecular flexibility index (Phi) is 4.60. The van der Waals surface area contributed by atoms with Gasteiger partial charge >= 0.3 is 6.55 Å². The first-order chi connectivity index (χ1) is 7.70. The van der Waals surface area contributed by atoms with Gasteiger partial charge in [0.1, 0.15) is 0 Å². The molecule has 1 aromatic carbocycles. The summed E-state index contributed by atoms with van der Waals surface area (Å²) in [7, 11) is 0. The minimum atomic E-state index is -2.60. The van der Waals surface area contributed by atoms with Gasteiger partial charge in [-0.15, -0.1) is 12.4 Å². The molecule has 0 bridgehead atoms. The van der Waals surface area contributed by atoms with Crippen molar-refractivity contribution >= 4 is 12.4 Å². The van der Waals surface area contributed by atoms with Gasteiger partial charge in [0.05, 0.1) is 6.20 Å². The Bertz CT molecular complexity index is 468. The number of nitrogens with zero attached hydrogens (tertiary/aromatic N) is 2. The predicted octanol–water partition coefficient (Wildman–Crippen LogP) is 2.83. The fourth-order valence-electron chi connectivity index (χ4n) is 1.43. The second-order valence-corrected chi connectivity index (χ2v) is 3.39. The molecule has 0 spiro atoms. The van der Waals surface area contributed by atoms with Crippen molar-refractivity contribution in [3.8, 4) is 11.1 Å². The van der Waals surface area contributed by atoms with Crippen molar-refractivity contribution in [1.29, 1.82) is 0 Å². The molecular weight excluding hydrogens is 248 g/mol. The highest BCUT2D eigenvalue weighted by Gasteiger charge is 2.08. The fourth-order valence-corrected chi connectivity index (χ4v) is 1.43. The van der Waals surface area contributed by atoms with Crippen LogP contribution >= 0.6 is 12.4 Å². The van der Waals surface area contributed by atoms with Gasteiger partial charge in [0.25, 0.3) is 0 Å². The molecule has 0 unspecified atom stereocenters. The molecule has 3 nitrogen and oxygen atoms in total. The minimum Gasteiger partial charge on any atom is -0.326 e. The van der Waals surface area contributed by atoms with E-state index in [-0.39, 0.29) is 12.4 Å². The molecule has 17 heavy (non-hydrogen) atoms. The Hall–Kier alpha value is -1.46. The molecule has 92 valence electrons. The third-order valence-corrected chi connectivity index (χ3v) is 2.32. The van der Waals surface area contributed by atoms with Crippen LogP contribution in [0.25, 0.3) is 11.1 Å². The standard InChI is InChI=1S/C11H11F2N3.ClH/c12-11(13)16-7-10(6-15-16)9-3-1-8(5-14)2-4-9;/h1-4,6-7,11H,5,14H2;1H. The van der Waals surface area contributed by atoms with E-state index in [1.807, 2.05) is 24.3 Å². The molecular formula is C11H12ClF2N3. The van der Waals surface area contributed by atoms with E-state index in [4.69, 9.17) is 5.73 Å². The highest BCUT2D eigenvalue weighted by Crippen LogP contribution is 2.21. The summed E-state index contributed by atoms with van der Waals surface area (Å²) >= 11 is 0. The molecule has 0 amide bonds. The number of nitrogens with two attached hydrogens (primary N) is 1. The topological polar surface area (TPSA) is 43.8 Å². The smallest absolute Gasteiger partial charge is 0.326 e. The van der Waals surface area contributed by atoms with Gasteiger partial charge in [-0.3, -0.25) is 0 Å². The lowest BCUT2D eigenvalue weighted by Crippen LogP contribution is -1.96. The van der Waals surface area contributed by atoms with Crippen molar-refractivity contribution in [3.05, 3.63) is 42.2 Å². The number of rotatable bonds is 3. The molecule has 0 fully saturated rings. The van der Waals surface area contributed by atoms with E-state index in [9.17, 15) is 8.78 Å². The molecule has 0 saturated heterocycles. The van der Waals surface area contributed by atoms with Crippen LogP contribution in [0.3, 0.4) is 0 Å². The van der Waals surface area contributed by atoms with E-state index in [2.05, 4.69) is 5.10 Å². The third-order valence-electron chi connectivity index (χ3n) is 2.32. The number of alkyl halides is 2. The van der Waals surface area contributed by atoms with E-state index in [0.717, 1.165) is 11.1 Å². The first-order valence-corrected chi connectivity index (χ1v) is 4.82. The minimum absolute atomic E-state index is 0. The summed E-state index contributed by atoms with van der Waals surface area (Å²) < 4.78 is 25.2. The quantitative estimate of drug-likeness (QED) is 0.921. The van der Waals surface area contributed by atoms with Crippen LogP contribution in [-0.2, 0) is 6.54 Å². The second-order valence-electron chi connectivity index (χ2n) is 3.39. The maximum atomic E-state index is 12.3. The van der Waals surface area contributed by atoms with Crippen molar-refractivity contribution < 1.29 is 8.78 Å². The Balaban J connectivity index is 0.00000144. The predicted molar refractivity (Wildman–Crippen MR) is 64.1 cm³/mol. The lowest BCUT2D eigenvalue weighted by Gasteiger charge is -1.99. The lowest BCUT2D eigenvalue weighted by molar-refractivity contribution is 0.0566. The van der Waals surface area contributed by atoms with Gasteiger partial charge in [0.2, 0.25) is 0 Å². The van der Waals surface area contributed by atoms with Crippen LogP contribution in [0, 0.1) is 0 Å². The van der Waals surface area contributed by atoms with Crippen LogP contribution in [0.15, 0.2) is 36.7 Å². The normalized spacial score (nSPS) is 10.4. The summed E-state index contributed by atoms with van der Waals surface area (Å²) in [5, 5.41) is 3.58. The zero-order valence-electron chi connectivity index (χ0n) is 8.88. The number of hydrogen-bond donors (Lipinski definition) is 1. The first-order valence-electron chi connectivity index (χ1n) is 4.82. The van der Waals surface area contributed by atoms with Gasteiger partial charge in [-0.1, -0.05) is 24.3 Å². The van der Waals surface area contributed by atoms with Crippen molar-refractivity contribution in [1.82, 2.24) is 9.78 Å². The van der Waals surface area contributed by atoms with Gasteiger partial charge in [0, 0.05) is 18.3 Å². The molecule has 2 N–H and O–H groups in total. The molecule has 0 aliphatic carbocycles. The maximum Gasteiger partial charge on any atom is 0.333 e. The van der Waals surface area contributed by atoms with E-state index < -0.39 is 6.55 Å². The average Bonchev–Trinajstić information content (AvgIpc) is 2.78. The van der Waals surface area contributed by atoms with Crippen LogP contribution in [0.5, 0.6) is 0 Å². The number of aromatic nitrogens is 2. The van der Waals surface area contributed by atoms with E-state index in [1.165, 1.54) is 12.4 Å². The van der Waals surface area contributed by atoms with Crippen molar-refractivity contribution in [2.45, 2.75) is 13.1 Å². The van der Waals surface area contributed by atoms with Crippen LogP contribution in [-0.4, -0.2) is 9.78 Å². The summed E-state index contributed by atoms with van der Waals surface area (Å²) in [6, 6.07) is 7.42. The molecule has 2 aromatic rings. The molecule has 6 heteroatoms. The van der Waals surface area contributed by atoms with E-state index >= 15 is 0 Å². The third kappa shape index (κ3) is 3.01. The van der Waals surface area contributed by atoms with Gasteiger partial charge in [0.15, 0.2) is 0 Å². The molecule has 0 aliphatic heterocycles. The summed E-state index contributed by atoms with van der Waals surface area (Å²) in [5.41, 5.74) is 7.99. The Labute approximate surface area is 104 Å². The number of halogens is 3. The lowest BCUT2D eigenvalue weighted by atomic mass is 10.1. The zero-order valence-corrected chi connectivity index (χ0v) is 9.70. The maximum absolute atomic E-state index is 12.3. The van der Waals surface area contributed by atoms with Gasteiger partial charge in [-0.2, -0.15) is 13.9 Å². The van der Waals surface area contributed by atoms with Crippen molar-refractivity contribution in [2.75, 3.05) is 0 Å². The van der Waals surface area contributed by atoms with Crippen LogP contribution in [0.1, 0.15) is 12.1 Å². The van der Waals surface area contributed by atoms with Crippen LogP contribution in [0.4, 0.5) is 8.78 Å². The van der Waals surface area contributed by atoms with E-state index in [1.54, 1.807) is 0 Å². The molecule has 1 heterocycles. The van der Waals surface area contributed by atoms with Gasteiger partial charge < -0.3 is 5.73 Å². The van der Waals surface area contributed by atoms with Gasteiger partial charge in [-0.05, 0) is 11.1 Å². The highest BCUT2D eigenvalue weighted by molar-refractivity contribution is 5.85. The molecule has 0 aliphatic rings. The fraction of sp³-hybridized carbons (Fsp3) is 0.182. The van der Waals surface area contributed by atoms with Crippen LogP contribution in [0.2, 0.25) is 0 Å². The summed E-state index contributed by atoms with van der Waals surface area (Å²) in [4.78, 5) is 0. The highest BCUT2D eigenvalue weighted by atomic mass is 35.5. The summed E-state index contributed by atoms with van der Waals surface area (Å²) in [6.45, 7) is -2.13. The number of benzene rings is 1. The molecule has 0 saturated carbocycles. The molecule has 0 atom stereocenters. The summed E-state index contributed by atoms with van der Waals surface area (Å²) in [6.07, 6.45) is 2.74. The molecule has 0 radical (unpaired) electrons. The van der Waals surface area contributed by atoms with Crippen LogP contribution < -0.4 is 5.73 Å². The van der Waals surface area contributed by atoms with Crippen molar-refractivity contribution in [2.24, 2.45) is 5.73 Å². The molecule has 2 rings (SSSR count). The Morgan fingerprint density at radius 1 is 1.18 bits per heavy atom.